The molecule has 86 valence electrons. The van der Waals surface area contributed by atoms with Gasteiger partial charge in [-0.25, -0.2) is 4.39 Å². The number of halogens is 1. The summed E-state index contributed by atoms with van der Waals surface area (Å²) < 4.78 is 12.8. The molecule has 0 bridgehead atoms. The summed E-state index contributed by atoms with van der Waals surface area (Å²) in [5, 5.41) is 0. The predicted molar refractivity (Wildman–Crippen MR) is 65.8 cm³/mol. The Morgan fingerprint density at radius 3 is 2.41 bits per heavy atom. The first kappa shape index (κ1) is 11.5. The zero-order valence-corrected chi connectivity index (χ0v) is 9.61. The van der Waals surface area contributed by atoms with Crippen molar-refractivity contribution in [3.63, 3.8) is 0 Å². The van der Waals surface area contributed by atoms with E-state index in [0.717, 1.165) is 23.0 Å². The molecule has 0 heterocycles. The van der Waals surface area contributed by atoms with Gasteiger partial charge in [-0.15, -0.1) is 0 Å². The van der Waals surface area contributed by atoms with Crippen molar-refractivity contribution in [2.75, 3.05) is 0 Å². The fourth-order valence-electron chi connectivity index (χ4n) is 1.90. The predicted octanol–water partition coefficient (Wildman–Crippen LogP) is 3.54. The number of aryl methyl sites for hydroxylation is 1. The molecular formula is C15H13FO. The van der Waals surface area contributed by atoms with Gasteiger partial charge in [0.1, 0.15) is 12.1 Å². The lowest BCUT2D eigenvalue weighted by atomic mass is 10.0. The molecule has 0 spiro atoms. The van der Waals surface area contributed by atoms with E-state index in [1.165, 1.54) is 12.1 Å². The summed E-state index contributed by atoms with van der Waals surface area (Å²) >= 11 is 0. The third-order valence-corrected chi connectivity index (χ3v) is 2.62. The zero-order chi connectivity index (χ0) is 12.3. The van der Waals surface area contributed by atoms with Gasteiger partial charge < -0.3 is 0 Å². The number of carbonyl (C=O) groups is 1. The van der Waals surface area contributed by atoms with Gasteiger partial charge >= 0.3 is 0 Å². The van der Waals surface area contributed by atoms with Gasteiger partial charge in [0.05, 0.1) is 0 Å². The summed E-state index contributed by atoms with van der Waals surface area (Å²) in [6.45, 7) is 1.96. The van der Waals surface area contributed by atoms with Crippen molar-refractivity contribution >= 4 is 6.29 Å². The van der Waals surface area contributed by atoms with Crippen LogP contribution in [0.15, 0.2) is 42.5 Å². The number of rotatable bonds is 3. The molecule has 0 N–H and O–H groups in total. The molecule has 0 radical (unpaired) electrons. The van der Waals surface area contributed by atoms with E-state index in [1.54, 1.807) is 12.1 Å². The summed E-state index contributed by atoms with van der Waals surface area (Å²) in [6.07, 6.45) is 1.56. The summed E-state index contributed by atoms with van der Waals surface area (Å²) in [6, 6.07) is 12.2. The molecule has 17 heavy (non-hydrogen) atoms. The normalized spacial score (nSPS) is 10.2. The Labute approximate surface area is 99.9 Å². The minimum absolute atomic E-state index is 0.230. The largest absolute Gasteiger partial charge is 0.298 e. The second kappa shape index (κ2) is 4.91. The molecule has 0 saturated heterocycles. The van der Waals surface area contributed by atoms with Gasteiger partial charge in [-0.1, -0.05) is 23.8 Å². The van der Waals surface area contributed by atoms with Gasteiger partial charge in [0.25, 0.3) is 0 Å². The van der Waals surface area contributed by atoms with Gasteiger partial charge in [0, 0.05) is 5.56 Å². The van der Waals surface area contributed by atoms with Crippen LogP contribution >= 0.6 is 0 Å². The van der Waals surface area contributed by atoms with E-state index >= 15 is 0 Å². The summed E-state index contributed by atoms with van der Waals surface area (Å²) in [5.41, 5.74) is 3.85. The first-order chi connectivity index (χ1) is 8.17. The monoisotopic (exact) mass is 228 g/mol. The lowest BCUT2D eigenvalue weighted by molar-refractivity contribution is 0.112. The standard InChI is InChI=1S/C15H13FO/c1-11-6-13(9-14(7-11)10-17)8-12-2-4-15(16)5-3-12/h2-7,9-10H,8H2,1H3. The van der Waals surface area contributed by atoms with Crippen molar-refractivity contribution in [1.82, 2.24) is 0 Å². The van der Waals surface area contributed by atoms with Gasteiger partial charge in [0.15, 0.2) is 0 Å². The van der Waals surface area contributed by atoms with E-state index in [-0.39, 0.29) is 5.82 Å². The van der Waals surface area contributed by atoms with Crippen molar-refractivity contribution in [1.29, 1.82) is 0 Å². The molecule has 0 aliphatic heterocycles. The molecule has 1 nitrogen and oxygen atoms in total. The van der Waals surface area contributed by atoms with Crippen LogP contribution in [0.2, 0.25) is 0 Å². The number of hydrogen-bond acceptors (Lipinski definition) is 1. The van der Waals surface area contributed by atoms with E-state index in [1.807, 2.05) is 25.1 Å². The van der Waals surface area contributed by atoms with Crippen LogP contribution in [-0.2, 0) is 6.42 Å². The highest BCUT2D eigenvalue weighted by molar-refractivity contribution is 5.75. The van der Waals surface area contributed by atoms with Crippen molar-refractivity contribution in [3.8, 4) is 0 Å². The van der Waals surface area contributed by atoms with Crippen LogP contribution in [0.1, 0.15) is 27.0 Å². The molecule has 0 aliphatic rings. The molecule has 0 aliphatic carbocycles. The minimum atomic E-state index is -0.230. The quantitative estimate of drug-likeness (QED) is 0.734. The topological polar surface area (TPSA) is 17.1 Å². The molecule has 0 saturated carbocycles. The Kier molecular flexibility index (Phi) is 3.33. The fraction of sp³-hybridized carbons (Fsp3) is 0.133. The summed E-state index contributed by atoms with van der Waals surface area (Å²) in [4.78, 5) is 10.8. The zero-order valence-electron chi connectivity index (χ0n) is 9.61. The molecule has 0 fully saturated rings. The molecule has 0 amide bonds. The summed E-state index contributed by atoms with van der Waals surface area (Å²) in [7, 11) is 0. The number of carbonyl (C=O) groups excluding carboxylic acids is 1. The van der Waals surface area contributed by atoms with Crippen LogP contribution in [0, 0.1) is 12.7 Å². The maximum Gasteiger partial charge on any atom is 0.150 e. The third kappa shape index (κ3) is 3.00. The maximum absolute atomic E-state index is 12.8. The first-order valence-electron chi connectivity index (χ1n) is 5.47. The first-order valence-corrected chi connectivity index (χ1v) is 5.47. The number of hydrogen-bond donors (Lipinski definition) is 0. The maximum atomic E-state index is 12.8. The lowest BCUT2D eigenvalue weighted by Gasteiger charge is -2.04. The van der Waals surface area contributed by atoms with Crippen molar-refractivity contribution < 1.29 is 9.18 Å². The highest BCUT2D eigenvalue weighted by Crippen LogP contribution is 2.14. The van der Waals surface area contributed by atoms with Crippen molar-refractivity contribution in [2.24, 2.45) is 0 Å². The molecule has 2 aromatic carbocycles. The van der Waals surface area contributed by atoms with Crippen LogP contribution in [-0.4, -0.2) is 6.29 Å². The van der Waals surface area contributed by atoms with Crippen LogP contribution in [0.25, 0.3) is 0 Å². The number of benzene rings is 2. The minimum Gasteiger partial charge on any atom is -0.298 e. The Hall–Kier alpha value is -1.96. The molecule has 2 rings (SSSR count). The van der Waals surface area contributed by atoms with Gasteiger partial charge in [0.2, 0.25) is 0 Å². The van der Waals surface area contributed by atoms with Crippen LogP contribution in [0.4, 0.5) is 4.39 Å². The van der Waals surface area contributed by atoms with E-state index in [0.29, 0.717) is 12.0 Å². The smallest absolute Gasteiger partial charge is 0.150 e. The van der Waals surface area contributed by atoms with E-state index < -0.39 is 0 Å². The van der Waals surface area contributed by atoms with E-state index in [9.17, 15) is 9.18 Å². The van der Waals surface area contributed by atoms with Crippen LogP contribution in [0.3, 0.4) is 0 Å². The van der Waals surface area contributed by atoms with Crippen LogP contribution < -0.4 is 0 Å². The van der Waals surface area contributed by atoms with Crippen LogP contribution in [0.5, 0.6) is 0 Å². The second-order valence-corrected chi connectivity index (χ2v) is 4.17. The van der Waals surface area contributed by atoms with Gasteiger partial charge in [-0.3, -0.25) is 4.79 Å². The second-order valence-electron chi connectivity index (χ2n) is 4.17. The van der Waals surface area contributed by atoms with Gasteiger partial charge in [-0.2, -0.15) is 0 Å². The third-order valence-electron chi connectivity index (χ3n) is 2.62. The van der Waals surface area contributed by atoms with E-state index in [2.05, 4.69) is 0 Å². The molecule has 0 aromatic heterocycles. The highest BCUT2D eigenvalue weighted by Gasteiger charge is 2.00. The average Bonchev–Trinajstić information content (AvgIpc) is 2.31. The highest BCUT2D eigenvalue weighted by atomic mass is 19.1. The Morgan fingerprint density at radius 2 is 1.76 bits per heavy atom. The molecule has 2 aromatic rings. The number of aldehydes is 1. The molecule has 0 unspecified atom stereocenters. The Morgan fingerprint density at radius 1 is 1.06 bits per heavy atom. The van der Waals surface area contributed by atoms with E-state index in [4.69, 9.17) is 0 Å². The Balaban J connectivity index is 2.26. The van der Waals surface area contributed by atoms with Gasteiger partial charge in [-0.05, 0) is 48.7 Å². The lowest BCUT2D eigenvalue weighted by Crippen LogP contribution is -1.92. The fourth-order valence-corrected chi connectivity index (χ4v) is 1.90. The van der Waals surface area contributed by atoms with Crippen molar-refractivity contribution in [3.05, 3.63) is 70.5 Å². The molecular weight excluding hydrogens is 215 g/mol. The Bertz CT molecular complexity index is 529. The molecule has 0 atom stereocenters. The average molecular weight is 228 g/mol. The van der Waals surface area contributed by atoms with Crippen molar-refractivity contribution in [2.45, 2.75) is 13.3 Å². The SMILES string of the molecule is Cc1cc(C=O)cc(Cc2ccc(F)cc2)c1. The summed E-state index contributed by atoms with van der Waals surface area (Å²) in [5.74, 6) is -0.230. The molecule has 2 heteroatoms.